The average molecular weight is 854 g/mol. The van der Waals surface area contributed by atoms with Crippen molar-refractivity contribution in [3.63, 3.8) is 0 Å². The van der Waals surface area contributed by atoms with E-state index in [2.05, 4.69) is 32.2 Å². The molecule has 1 aliphatic rings. The Balaban J connectivity index is 1.25. The van der Waals surface area contributed by atoms with E-state index < -0.39 is 17.9 Å². The van der Waals surface area contributed by atoms with E-state index in [4.69, 9.17) is 38.5 Å². The zero-order chi connectivity index (χ0) is 43.1. The first-order chi connectivity index (χ1) is 29.9. The fourth-order valence-corrected chi connectivity index (χ4v) is 8.02. The Labute approximate surface area is 363 Å². The molecule has 61 heavy (non-hydrogen) atoms. The van der Waals surface area contributed by atoms with Crippen molar-refractivity contribution in [2.45, 2.75) is 77.0 Å². The highest BCUT2D eigenvalue weighted by molar-refractivity contribution is 7.22. The van der Waals surface area contributed by atoms with Gasteiger partial charge in [0.2, 0.25) is 5.13 Å². The first-order valence-electron chi connectivity index (χ1n) is 21.4. The van der Waals surface area contributed by atoms with Crippen molar-refractivity contribution in [3.05, 3.63) is 109 Å². The number of hydrogen-bond donors (Lipinski definition) is 0. The van der Waals surface area contributed by atoms with Crippen LogP contribution < -0.4 is 14.5 Å². The first kappa shape index (κ1) is 46.7. The smallest absolute Gasteiger partial charge is 0.343 e. The molecular formula is C48H59N3O9S. The molecule has 1 saturated carbocycles. The fraction of sp³-hybridized carbons (Fsp3) is 0.438. The number of hydrazone groups is 1. The van der Waals surface area contributed by atoms with Crippen LogP contribution in [0.5, 0.6) is 11.5 Å². The molecule has 1 fully saturated rings. The SMILES string of the molecule is C=CC(=O)OCCCCCCOc1ccc(C(=O)Oc2ccc(C3CCC(CCC)CC3)cc2/C=N/N(CCOCCOCCOC(=O)C=C)c2nc3ccccc3s2)cc1. The van der Waals surface area contributed by atoms with E-state index in [-0.39, 0.29) is 13.2 Å². The summed E-state index contributed by atoms with van der Waals surface area (Å²) in [5, 5.41) is 7.46. The lowest BCUT2D eigenvalue weighted by Gasteiger charge is -2.29. The number of rotatable bonds is 27. The second-order valence-corrected chi connectivity index (χ2v) is 15.8. The van der Waals surface area contributed by atoms with E-state index >= 15 is 0 Å². The van der Waals surface area contributed by atoms with Crippen molar-refractivity contribution in [1.82, 2.24) is 4.98 Å². The number of fused-ring (bicyclic) bond motifs is 1. The summed E-state index contributed by atoms with van der Waals surface area (Å²) < 4.78 is 34.4. The van der Waals surface area contributed by atoms with Crippen molar-refractivity contribution in [2.75, 3.05) is 57.8 Å². The van der Waals surface area contributed by atoms with Gasteiger partial charge in [0, 0.05) is 17.7 Å². The standard InChI is InChI=1S/C48H59N3O9S/c1-4-13-36-16-18-37(19-17-36)39-22-25-43(60-47(54)38-20-23-41(24-21-38)57-27-11-7-8-12-28-58-45(52)5-2)40(34-39)35-49-51(48-50-42-14-9-10-15-44(42)61-48)26-29-55-30-31-56-32-33-59-46(53)6-3/h5-6,9-10,14-15,20-25,34-37H,2-4,7-8,11-13,16-19,26-33H2,1H3/b49-35+. The molecule has 1 aromatic heterocycles. The van der Waals surface area contributed by atoms with Gasteiger partial charge in [0.1, 0.15) is 18.1 Å². The van der Waals surface area contributed by atoms with Gasteiger partial charge in [0.05, 0.1) is 68.2 Å². The number of nitrogens with zero attached hydrogens (tertiary/aromatic N) is 3. The second-order valence-electron chi connectivity index (χ2n) is 14.8. The summed E-state index contributed by atoms with van der Waals surface area (Å²) in [6.07, 6.45) is 14.7. The summed E-state index contributed by atoms with van der Waals surface area (Å²) in [6.45, 7) is 11.8. The predicted octanol–water partition coefficient (Wildman–Crippen LogP) is 9.86. The molecule has 1 aliphatic carbocycles. The average Bonchev–Trinajstić information content (AvgIpc) is 3.72. The van der Waals surface area contributed by atoms with Gasteiger partial charge < -0.3 is 28.4 Å². The Bertz CT molecular complexity index is 1990. The third-order valence-electron chi connectivity index (χ3n) is 10.4. The highest BCUT2D eigenvalue weighted by Crippen LogP contribution is 2.39. The van der Waals surface area contributed by atoms with Crippen LogP contribution in [0.25, 0.3) is 10.2 Å². The van der Waals surface area contributed by atoms with Gasteiger partial charge in [0.25, 0.3) is 0 Å². The number of anilines is 1. The van der Waals surface area contributed by atoms with Crippen LogP contribution in [0.15, 0.2) is 97.1 Å². The molecule has 5 rings (SSSR count). The molecule has 0 atom stereocenters. The molecule has 4 aromatic rings. The molecule has 326 valence electrons. The molecule has 13 heteroatoms. The maximum atomic E-state index is 13.6. The van der Waals surface area contributed by atoms with Crippen LogP contribution in [0.1, 0.15) is 98.5 Å². The van der Waals surface area contributed by atoms with Crippen LogP contribution >= 0.6 is 11.3 Å². The summed E-state index contributed by atoms with van der Waals surface area (Å²) >= 11 is 1.54. The number of thiazole rings is 1. The van der Waals surface area contributed by atoms with Crippen molar-refractivity contribution in [3.8, 4) is 11.5 Å². The molecule has 12 nitrogen and oxygen atoms in total. The van der Waals surface area contributed by atoms with E-state index in [0.717, 1.165) is 60.7 Å². The maximum absolute atomic E-state index is 13.6. The minimum Gasteiger partial charge on any atom is -0.494 e. The Morgan fingerprint density at radius 3 is 2.21 bits per heavy atom. The monoisotopic (exact) mass is 853 g/mol. The number of carbonyl (C=O) groups excluding carboxylic acids is 3. The summed E-state index contributed by atoms with van der Waals surface area (Å²) in [5.74, 6) is 0.913. The minimum atomic E-state index is -0.485. The van der Waals surface area contributed by atoms with Crippen molar-refractivity contribution < 1.29 is 42.8 Å². The molecule has 0 unspecified atom stereocenters. The lowest BCUT2D eigenvalue weighted by molar-refractivity contribution is -0.139. The molecular weight excluding hydrogens is 795 g/mol. The molecule has 0 saturated heterocycles. The lowest BCUT2D eigenvalue weighted by atomic mass is 9.77. The van der Waals surface area contributed by atoms with Gasteiger partial charge in [-0.15, -0.1) is 0 Å². The van der Waals surface area contributed by atoms with Crippen molar-refractivity contribution in [2.24, 2.45) is 11.0 Å². The summed E-state index contributed by atoms with van der Waals surface area (Å²) in [4.78, 5) is 40.8. The number of esters is 3. The number of hydrogen-bond acceptors (Lipinski definition) is 13. The molecule has 0 spiro atoms. The van der Waals surface area contributed by atoms with Crippen molar-refractivity contribution in [1.29, 1.82) is 0 Å². The number of benzene rings is 3. The summed E-state index contributed by atoms with van der Waals surface area (Å²) in [6, 6.07) is 21.0. The Kier molecular flexibility index (Phi) is 20.0. The molecule has 0 radical (unpaired) electrons. The molecule has 0 N–H and O–H groups in total. The molecule has 0 bridgehead atoms. The zero-order valence-electron chi connectivity index (χ0n) is 35.3. The number of para-hydroxylation sites is 1. The van der Waals surface area contributed by atoms with E-state index in [9.17, 15) is 14.4 Å². The van der Waals surface area contributed by atoms with Crippen LogP contribution in [-0.4, -0.2) is 81.9 Å². The predicted molar refractivity (Wildman–Crippen MR) is 240 cm³/mol. The Morgan fingerprint density at radius 1 is 0.803 bits per heavy atom. The largest absolute Gasteiger partial charge is 0.494 e. The summed E-state index contributed by atoms with van der Waals surface area (Å²) in [5.41, 5.74) is 3.18. The first-order valence-corrected chi connectivity index (χ1v) is 22.2. The maximum Gasteiger partial charge on any atom is 0.343 e. The van der Waals surface area contributed by atoms with Crippen LogP contribution in [-0.2, 0) is 28.5 Å². The van der Waals surface area contributed by atoms with Gasteiger partial charge >= 0.3 is 17.9 Å². The van der Waals surface area contributed by atoms with Gasteiger partial charge in [-0.25, -0.2) is 24.4 Å². The minimum absolute atomic E-state index is 0.146. The number of aromatic nitrogens is 1. The topological polar surface area (TPSA) is 135 Å². The third-order valence-corrected chi connectivity index (χ3v) is 11.4. The van der Waals surface area contributed by atoms with Gasteiger partial charge in [-0.2, -0.15) is 5.10 Å². The fourth-order valence-electron chi connectivity index (χ4n) is 7.07. The van der Waals surface area contributed by atoms with E-state index in [0.29, 0.717) is 73.3 Å². The number of ether oxygens (including phenoxy) is 6. The summed E-state index contributed by atoms with van der Waals surface area (Å²) in [7, 11) is 0. The van der Waals surface area contributed by atoms with Gasteiger partial charge in [0.15, 0.2) is 0 Å². The van der Waals surface area contributed by atoms with Crippen LogP contribution in [0.3, 0.4) is 0 Å². The quantitative estimate of drug-likeness (QED) is 0.0142. The van der Waals surface area contributed by atoms with Gasteiger partial charge in [-0.05, 0) is 117 Å². The highest BCUT2D eigenvalue weighted by atomic mass is 32.1. The second kappa shape index (κ2) is 26.1. The molecule has 3 aromatic carbocycles. The van der Waals surface area contributed by atoms with E-state index in [1.165, 1.54) is 48.7 Å². The Morgan fingerprint density at radius 2 is 1.49 bits per heavy atom. The van der Waals surface area contributed by atoms with Gasteiger partial charge in [-0.3, -0.25) is 0 Å². The number of unbranched alkanes of at least 4 members (excludes halogenated alkanes) is 3. The van der Waals surface area contributed by atoms with Crippen LogP contribution in [0.4, 0.5) is 5.13 Å². The van der Waals surface area contributed by atoms with Crippen LogP contribution in [0.2, 0.25) is 0 Å². The van der Waals surface area contributed by atoms with E-state index in [1.807, 2.05) is 35.3 Å². The zero-order valence-corrected chi connectivity index (χ0v) is 36.1. The van der Waals surface area contributed by atoms with E-state index in [1.54, 1.807) is 30.5 Å². The third kappa shape index (κ3) is 15.9. The van der Waals surface area contributed by atoms with Gasteiger partial charge in [-0.1, -0.05) is 62.5 Å². The Hall–Kier alpha value is -5.37. The van der Waals surface area contributed by atoms with Crippen molar-refractivity contribution >= 4 is 50.8 Å². The van der Waals surface area contributed by atoms with Crippen LogP contribution in [0, 0.1) is 5.92 Å². The molecule has 0 aliphatic heterocycles. The highest BCUT2D eigenvalue weighted by Gasteiger charge is 2.23. The number of carbonyl (C=O) groups is 3. The lowest BCUT2D eigenvalue weighted by Crippen LogP contribution is -2.23. The molecule has 1 heterocycles. The normalized spacial score (nSPS) is 15.0. The molecule has 0 amide bonds.